The Hall–Kier alpha value is -3.38. The number of halogens is 3. The molecule has 0 bridgehead atoms. The van der Waals surface area contributed by atoms with Gasteiger partial charge in [-0.3, -0.25) is 4.39 Å². The van der Waals surface area contributed by atoms with Gasteiger partial charge in [0, 0.05) is 24.7 Å². The molecule has 0 saturated carbocycles. The summed E-state index contributed by atoms with van der Waals surface area (Å²) >= 11 is 0. The van der Waals surface area contributed by atoms with Crippen LogP contribution in [0.1, 0.15) is 63.9 Å². The number of nitrogens with zero attached hydrogens (tertiary/aromatic N) is 1. The van der Waals surface area contributed by atoms with E-state index >= 15 is 4.39 Å². The van der Waals surface area contributed by atoms with Crippen molar-refractivity contribution in [3.63, 3.8) is 0 Å². The van der Waals surface area contributed by atoms with Crippen molar-refractivity contribution >= 4 is 17.1 Å². The van der Waals surface area contributed by atoms with Crippen LogP contribution in [0, 0.1) is 17.6 Å². The number of aryl methyl sites for hydroxylation is 1. The van der Waals surface area contributed by atoms with Crippen molar-refractivity contribution in [2.24, 2.45) is 5.92 Å². The Morgan fingerprint density at radius 3 is 2.50 bits per heavy atom. The van der Waals surface area contributed by atoms with Crippen LogP contribution in [0.3, 0.4) is 0 Å². The minimum atomic E-state index is -0.980. The normalized spacial score (nSPS) is 17.9. The molecule has 3 nitrogen and oxygen atoms in total. The predicted octanol–water partition coefficient (Wildman–Crippen LogP) is 7.18. The van der Waals surface area contributed by atoms with Crippen LogP contribution in [0.2, 0.25) is 0 Å². The van der Waals surface area contributed by atoms with E-state index in [1.807, 2.05) is 6.07 Å². The van der Waals surface area contributed by atoms with E-state index in [0.717, 1.165) is 72.8 Å². The summed E-state index contributed by atoms with van der Waals surface area (Å²) in [7, 11) is 0. The van der Waals surface area contributed by atoms with Gasteiger partial charge >= 0.3 is 5.97 Å². The van der Waals surface area contributed by atoms with Crippen LogP contribution in [-0.2, 0) is 12.8 Å². The van der Waals surface area contributed by atoms with Gasteiger partial charge in [0.25, 0.3) is 0 Å². The van der Waals surface area contributed by atoms with Crippen LogP contribution in [0.25, 0.3) is 11.1 Å². The zero-order valence-electron chi connectivity index (χ0n) is 21.4. The minimum Gasteiger partial charge on any atom is -0.478 e. The molecule has 1 atom stereocenters. The van der Waals surface area contributed by atoms with Gasteiger partial charge in [-0.25, -0.2) is 13.6 Å². The summed E-state index contributed by atoms with van der Waals surface area (Å²) in [5, 5.41) is 9.52. The van der Waals surface area contributed by atoms with E-state index in [2.05, 4.69) is 29.2 Å². The molecule has 1 unspecified atom stereocenters. The average molecular weight is 520 g/mol. The lowest BCUT2D eigenvalue weighted by Crippen LogP contribution is -2.22. The Kier molecular flexibility index (Phi) is 7.98. The highest BCUT2D eigenvalue weighted by molar-refractivity contribution is 6.00. The first kappa shape index (κ1) is 26.2. The molecule has 0 amide bonds. The Morgan fingerprint density at radius 2 is 1.76 bits per heavy atom. The molecule has 1 fully saturated rings. The first-order valence-electron chi connectivity index (χ1n) is 13.4. The van der Waals surface area contributed by atoms with Gasteiger partial charge in [-0.05, 0) is 109 Å². The van der Waals surface area contributed by atoms with Crippen molar-refractivity contribution in [3.05, 3.63) is 106 Å². The molecule has 0 aromatic heterocycles. The molecule has 1 aliphatic carbocycles. The lowest BCUT2D eigenvalue weighted by molar-refractivity contribution is 0.0696. The molecule has 1 N–H and O–H groups in total. The fraction of sp³-hybridized carbons (Fsp3) is 0.344. The highest BCUT2D eigenvalue weighted by atomic mass is 19.1. The second-order valence-corrected chi connectivity index (χ2v) is 10.4. The van der Waals surface area contributed by atoms with Gasteiger partial charge in [-0.15, -0.1) is 0 Å². The Labute approximate surface area is 221 Å². The molecule has 1 aliphatic heterocycles. The predicted molar refractivity (Wildman–Crippen MR) is 144 cm³/mol. The number of likely N-dealkylation sites (tertiary alicyclic amines) is 1. The van der Waals surface area contributed by atoms with Gasteiger partial charge in [0.05, 0.1) is 12.2 Å². The van der Waals surface area contributed by atoms with Gasteiger partial charge in [0.2, 0.25) is 0 Å². The first-order valence-corrected chi connectivity index (χ1v) is 13.4. The molecule has 1 heterocycles. The lowest BCUT2D eigenvalue weighted by atomic mass is 9.86. The molecule has 0 spiro atoms. The van der Waals surface area contributed by atoms with E-state index in [1.54, 1.807) is 12.1 Å². The Morgan fingerprint density at radius 1 is 0.974 bits per heavy atom. The van der Waals surface area contributed by atoms with Gasteiger partial charge in [-0.2, -0.15) is 0 Å². The van der Waals surface area contributed by atoms with Crippen LogP contribution in [0.4, 0.5) is 13.2 Å². The fourth-order valence-electron chi connectivity index (χ4n) is 5.96. The smallest absolute Gasteiger partial charge is 0.335 e. The molecule has 198 valence electrons. The maximum absolute atomic E-state index is 15.0. The number of carboxylic acid groups (broad SMARTS) is 1. The number of alkyl halides is 1. The SMILES string of the molecule is O=C(O)c1ccc2c(c1)CCCC(c1ccc(F)cc1F)=C2c1ccc(CC2CCN(CCCF)C2)cc1. The third kappa shape index (κ3) is 5.70. The second-order valence-electron chi connectivity index (χ2n) is 10.4. The molecule has 0 radical (unpaired) electrons. The summed E-state index contributed by atoms with van der Waals surface area (Å²) in [4.78, 5) is 14.0. The zero-order chi connectivity index (χ0) is 26.6. The van der Waals surface area contributed by atoms with Crippen molar-refractivity contribution in [2.45, 2.75) is 38.5 Å². The highest BCUT2D eigenvalue weighted by Gasteiger charge is 2.24. The van der Waals surface area contributed by atoms with Gasteiger partial charge < -0.3 is 10.0 Å². The fourth-order valence-corrected chi connectivity index (χ4v) is 5.96. The molecule has 3 aromatic carbocycles. The molecular formula is C32H32F3NO2. The van der Waals surface area contributed by atoms with E-state index in [-0.39, 0.29) is 12.2 Å². The van der Waals surface area contributed by atoms with Crippen molar-refractivity contribution < 1.29 is 23.1 Å². The van der Waals surface area contributed by atoms with E-state index in [0.29, 0.717) is 30.7 Å². The lowest BCUT2D eigenvalue weighted by Gasteiger charge is -2.18. The third-order valence-corrected chi connectivity index (χ3v) is 7.80. The van der Waals surface area contributed by atoms with Crippen molar-refractivity contribution in [1.29, 1.82) is 0 Å². The molecule has 6 heteroatoms. The van der Waals surface area contributed by atoms with Crippen LogP contribution >= 0.6 is 0 Å². The maximum atomic E-state index is 15.0. The summed E-state index contributed by atoms with van der Waals surface area (Å²) in [6.45, 7) is 2.53. The summed E-state index contributed by atoms with van der Waals surface area (Å²) in [5.74, 6) is -1.66. The average Bonchev–Trinajstić information content (AvgIpc) is 3.26. The van der Waals surface area contributed by atoms with Crippen molar-refractivity contribution in [3.8, 4) is 0 Å². The summed E-state index contributed by atoms with van der Waals surface area (Å²) in [6.07, 6.45) is 4.63. The number of carboxylic acids is 1. The molecule has 3 aromatic rings. The second kappa shape index (κ2) is 11.6. The first-order chi connectivity index (χ1) is 18.4. The number of allylic oxidation sites excluding steroid dienone is 1. The standard InChI is InChI=1S/C32H32F3NO2/c33-14-2-15-36-16-13-22(20-36)17-21-5-7-23(8-6-21)31-27-11-9-25(32(37)38)18-24(27)3-1-4-29(31)28-12-10-26(34)19-30(28)35/h5-12,18-19,22H,1-4,13-17,20H2,(H,37,38). The Bertz CT molecular complexity index is 1350. The molecule has 38 heavy (non-hydrogen) atoms. The summed E-state index contributed by atoms with van der Waals surface area (Å²) < 4.78 is 41.3. The zero-order valence-corrected chi connectivity index (χ0v) is 21.4. The van der Waals surface area contributed by atoms with E-state index in [9.17, 15) is 18.7 Å². The van der Waals surface area contributed by atoms with Crippen molar-refractivity contribution in [1.82, 2.24) is 4.90 Å². The quantitative estimate of drug-likeness (QED) is 0.343. The number of aromatic carboxylic acids is 1. The van der Waals surface area contributed by atoms with E-state index in [1.165, 1.54) is 17.7 Å². The Balaban J connectivity index is 1.51. The number of fused-ring (bicyclic) bond motifs is 1. The number of hydrogen-bond donors (Lipinski definition) is 1. The van der Waals surface area contributed by atoms with Crippen LogP contribution in [0.15, 0.2) is 60.7 Å². The topological polar surface area (TPSA) is 40.5 Å². The highest BCUT2D eigenvalue weighted by Crippen LogP contribution is 2.41. The number of hydrogen-bond acceptors (Lipinski definition) is 2. The van der Waals surface area contributed by atoms with Crippen LogP contribution < -0.4 is 0 Å². The van der Waals surface area contributed by atoms with E-state index in [4.69, 9.17) is 0 Å². The number of rotatable bonds is 8. The monoisotopic (exact) mass is 519 g/mol. The molecular weight excluding hydrogens is 487 g/mol. The van der Waals surface area contributed by atoms with E-state index < -0.39 is 17.6 Å². The molecule has 5 rings (SSSR count). The minimum absolute atomic E-state index is 0.229. The van der Waals surface area contributed by atoms with Crippen LogP contribution in [-0.4, -0.2) is 42.3 Å². The largest absolute Gasteiger partial charge is 0.478 e. The number of carbonyl (C=O) groups is 1. The maximum Gasteiger partial charge on any atom is 0.335 e. The van der Waals surface area contributed by atoms with Gasteiger partial charge in [0.1, 0.15) is 11.6 Å². The van der Waals surface area contributed by atoms with Crippen LogP contribution in [0.5, 0.6) is 0 Å². The van der Waals surface area contributed by atoms with Gasteiger partial charge in [-0.1, -0.05) is 30.3 Å². The molecule has 1 saturated heterocycles. The third-order valence-electron chi connectivity index (χ3n) is 7.80. The summed E-state index contributed by atoms with van der Waals surface area (Å²) in [6, 6.07) is 17.2. The number of benzene rings is 3. The summed E-state index contributed by atoms with van der Waals surface area (Å²) in [5.41, 5.74) is 6.22. The molecule has 2 aliphatic rings. The van der Waals surface area contributed by atoms with Gasteiger partial charge in [0.15, 0.2) is 0 Å². The van der Waals surface area contributed by atoms with Crippen molar-refractivity contribution in [2.75, 3.05) is 26.3 Å².